The van der Waals surface area contributed by atoms with Crippen LogP contribution in [0.5, 0.6) is 5.75 Å². The van der Waals surface area contributed by atoms with Crippen molar-refractivity contribution in [2.24, 2.45) is 11.7 Å². The zero-order valence-electron chi connectivity index (χ0n) is 13.6. The van der Waals surface area contributed by atoms with E-state index in [-0.39, 0.29) is 0 Å². The van der Waals surface area contributed by atoms with Crippen LogP contribution in [-0.2, 0) is 13.1 Å². The van der Waals surface area contributed by atoms with Crippen LogP contribution in [0, 0.1) is 5.92 Å². The van der Waals surface area contributed by atoms with Crippen molar-refractivity contribution >= 4 is 0 Å². The molecule has 4 nitrogen and oxygen atoms in total. The highest BCUT2D eigenvalue weighted by atomic mass is 16.5. The molecule has 1 aromatic rings. The van der Waals surface area contributed by atoms with Crippen LogP contribution in [0.4, 0.5) is 0 Å². The summed E-state index contributed by atoms with van der Waals surface area (Å²) in [6.07, 6.45) is 2.58. The minimum absolute atomic E-state index is 0.585. The van der Waals surface area contributed by atoms with Crippen LogP contribution < -0.4 is 10.5 Å². The summed E-state index contributed by atoms with van der Waals surface area (Å²) in [6.45, 7) is 5.11. The number of piperidine rings is 1. The van der Waals surface area contributed by atoms with Gasteiger partial charge in [0.05, 0.1) is 7.11 Å². The Kier molecular flexibility index (Phi) is 6.03. The first kappa shape index (κ1) is 16.3. The molecule has 2 N–H and O–H groups in total. The van der Waals surface area contributed by atoms with Crippen molar-refractivity contribution in [1.29, 1.82) is 0 Å². The monoisotopic (exact) mass is 291 g/mol. The molecule has 1 fully saturated rings. The summed E-state index contributed by atoms with van der Waals surface area (Å²) in [7, 11) is 6.06. The van der Waals surface area contributed by atoms with Gasteiger partial charge in [-0.15, -0.1) is 0 Å². The molecule has 0 atom stereocenters. The van der Waals surface area contributed by atoms with Crippen LogP contribution in [0.1, 0.15) is 24.0 Å². The van der Waals surface area contributed by atoms with E-state index in [0.29, 0.717) is 6.54 Å². The lowest BCUT2D eigenvalue weighted by molar-refractivity contribution is 0.155. The number of methoxy groups -OCH3 is 1. The Hall–Kier alpha value is -1.10. The van der Waals surface area contributed by atoms with Gasteiger partial charge >= 0.3 is 0 Å². The standard InChI is InChI=1S/C17H29N3O/c1-19(2)12-14-6-8-20(9-7-14)13-16-10-15(11-18)4-5-17(16)21-3/h4-5,10,14H,6-9,11-13,18H2,1-3H3. The summed E-state index contributed by atoms with van der Waals surface area (Å²) in [6, 6.07) is 6.27. The summed E-state index contributed by atoms with van der Waals surface area (Å²) in [5.41, 5.74) is 8.18. The minimum Gasteiger partial charge on any atom is -0.496 e. The third kappa shape index (κ3) is 4.70. The molecular weight excluding hydrogens is 262 g/mol. The normalized spacial score (nSPS) is 17.4. The second-order valence-electron chi connectivity index (χ2n) is 6.33. The number of rotatable bonds is 6. The molecule has 1 aliphatic heterocycles. The summed E-state index contributed by atoms with van der Waals surface area (Å²) in [5.74, 6) is 1.82. The zero-order chi connectivity index (χ0) is 15.2. The first-order valence-electron chi connectivity index (χ1n) is 7.85. The molecule has 4 heteroatoms. The second-order valence-corrected chi connectivity index (χ2v) is 6.33. The van der Waals surface area contributed by atoms with Gasteiger partial charge in [-0.1, -0.05) is 6.07 Å². The Bertz CT molecular complexity index is 440. The molecular formula is C17H29N3O. The maximum absolute atomic E-state index is 5.75. The molecule has 0 aliphatic carbocycles. The number of ether oxygens (including phenoxy) is 1. The largest absolute Gasteiger partial charge is 0.496 e. The average molecular weight is 291 g/mol. The predicted molar refractivity (Wildman–Crippen MR) is 87.4 cm³/mol. The molecule has 0 unspecified atom stereocenters. The SMILES string of the molecule is COc1ccc(CN)cc1CN1CCC(CN(C)C)CC1. The number of nitrogens with two attached hydrogens (primary N) is 1. The first-order valence-corrected chi connectivity index (χ1v) is 7.85. The van der Waals surface area contributed by atoms with Crippen LogP contribution in [0.3, 0.4) is 0 Å². The Morgan fingerprint density at radius 2 is 2.00 bits per heavy atom. The number of hydrogen-bond donors (Lipinski definition) is 1. The fraction of sp³-hybridized carbons (Fsp3) is 0.647. The molecule has 0 saturated carbocycles. The van der Waals surface area contributed by atoms with Crippen molar-refractivity contribution in [1.82, 2.24) is 9.80 Å². The smallest absolute Gasteiger partial charge is 0.123 e. The molecule has 0 spiro atoms. The molecule has 0 aromatic heterocycles. The number of nitrogens with zero attached hydrogens (tertiary/aromatic N) is 2. The van der Waals surface area contributed by atoms with Crippen molar-refractivity contribution in [3.05, 3.63) is 29.3 Å². The molecule has 2 rings (SSSR count). The Morgan fingerprint density at radius 3 is 2.57 bits per heavy atom. The van der Waals surface area contributed by atoms with Crippen LogP contribution in [0.15, 0.2) is 18.2 Å². The summed E-state index contributed by atoms with van der Waals surface area (Å²) in [4.78, 5) is 4.83. The lowest BCUT2D eigenvalue weighted by Crippen LogP contribution is -2.36. The van der Waals surface area contributed by atoms with Gasteiger partial charge in [-0.2, -0.15) is 0 Å². The number of hydrogen-bond acceptors (Lipinski definition) is 4. The van der Waals surface area contributed by atoms with E-state index in [4.69, 9.17) is 10.5 Å². The van der Waals surface area contributed by atoms with Crippen LogP contribution in [0.2, 0.25) is 0 Å². The molecule has 21 heavy (non-hydrogen) atoms. The van der Waals surface area contributed by atoms with E-state index in [2.05, 4.69) is 30.0 Å². The van der Waals surface area contributed by atoms with Crippen LogP contribution in [-0.4, -0.2) is 50.6 Å². The quantitative estimate of drug-likeness (QED) is 0.869. The molecule has 0 radical (unpaired) electrons. The molecule has 118 valence electrons. The average Bonchev–Trinajstić information content (AvgIpc) is 2.48. The third-order valence-electron chi connectivity index (χ3n) is 4.30. The van der Waals surface area contributed by atoms with Gasteiger partial charge in [0.2, 0.25) is 0 Å². The zero-order valence-corrected chi connectivity index (χ0v) is 13.6. The van der Waals surface area contributed by atoms with E-state index in [9.17, 15) is 0 Å². The van der Waals surface area contributed by atoms with Gasteiger partial charge in [-0.3, -0.25) is 4.90 Å². The third-order valence-corrected chi connectivity index (χ3v) is 4.30. The van der Waals surface area contributed by atoms with Gasteiger partial charge in [-0.05, 0) is 63.6 Å². The van der Waals surface area contributed by atoms with Gasteiger partial charge in [0.15, 0.2) is 0 Å². The molecule has 0 amide bonds. The van der Waals surface area contributed by atoms with Crippen molar-refractivity contribution in [3.8, 4) is 5.75 Å². The van der Waals surface area contributed by atoms with E-state index in [1.165, 1.54) is 43.6 Å². The molecule has 0 bridgehead atoms. The van der Waals surface area contributed by atoms with Crippen molar-refractivity contribution in [2.75, 3.05) is 40.8 Å². The highest BCUT2D eigenvalue weighted by Crippen LogP contribution is 2.24. The second kappa shape index (κ2) is 7.78. The number of likely N-dealkylation sites (tertiary alicyclic amines) is 1. The van der Waals surface area contributed by atoms with Crippen LogP contribution >= 0.6 is 0 Å². The maximum atomic E-state index is 5.75. The van der Waals surface area contributed by atoms with E-state index in [1.54, 1.807) is 7.11 Å². The summed E-state index contributed by atoms with van der Waals surface area (Å²) in [5, 5.41) is 0. The lowest BCUT2D eigenvalue weighted by Gasteiger charge is -2.33. The van der Waals surface area contributed by atoms with E-state index in [1.807, 2.05) is 12.1 Å². The number of benzene rings is 1. The maximum Gasteiger partial charge on any atom is 0.123 e. The lowest BCUT2D eigenvalue weighted by atomic mass is 9.96. The van der Waals surface area contributed by atoms with Crippen molar-refractivity contribution in [3.63, 3.8) is 0 Å². The van der Waals surface area contributed by atoms with Crippen molar-refractivity contribution in [2.45, 2.75) is 25.9 Å². The Morgan fingerprint density at radius 1 is 1.29 bits per heavy atom. The topological polar surface area (TPSA) is 41.7 Å². The fourth-order valence-electron chi connectivity index (χ4n) is 3.17. The molecule has 1 aliphatic rings. The summed E-state index contributed by atoms with van der Waals surface area (Å²) >= 11 is 0. The first-order chi connectivity index (χ1) is 10.1. The Labute approximate surface area is 128 Å². The molecule has 1 heterocycles. The van der Waals surface area contributed by atoms with E-state index < -0.39 is 0 Å². The van der Waals surface area contributed by atoms with Gasteiger partial charge in [0.1, 0.15) is 5.75 Å². The highest BCUT2D eigenvalue weighted by Gasteiger charge is 2.20. The highest BCUT2D eigenvalue weighted by molar-refractivity contribution is 5.37. The van der Waals surface area contributed by atoms with Gasteiger partial charge in [0, 0.05) is 25.2 Å². The predicted octanol–water partition coefficient (Wildman–Crippen LogP) is 1.93. The van der Waals surface area contributed by atoms with Gasteiger partial charge in [0.25, 0.3) is 0 Å². The van der Waals surface area contributed by atoms with E-state index >= 15 is 0 Å². The molecule has 1 saturated heterocycles. The minimum atomic E-state index is 0.585. The van der Waals surface area contributed by atoms with Crippen molar-refractivity contribution < 1.29 is 4.74 Å². The Balaban J connectivity index is 1.93. The van der Waals surface area contributed by atoms with Gasteiger partial charge < -0.3 is 15.4 Å². The van der Waals surface area contributed by atoms with E-state index in [0.717, 1.165) is 18.2 Å². The molecule has 1 aromatic carbocycles. The van der Waals surface area contributed by atoms with Crippen LogP contribution in [0.25, 0.3) is 0 Å². The van der Waals surface area contributed by atoms with Gasteiger partial charge in [-0.25, -0.2) is 0 Å². The summed E-state index contributed by atoms with van der Waals surface area (Å²) < 4.78 is 5.49. The fourth-order valence-corrected chi connectivity index (χ4v) is 3.17.